The smallest absolute Gasteiger partial charge is 0.260 e. The third kappa shape index (κ3) is 4.59. The molecule has 0 saturated carbocycles. The first-order valence-electron chi connectivity index (χ1n) is 10.8. The minimum absolute atomic E-state index is 0.113. The van der Waals surface area contributed by atoms with E-state index >= 15 is 0 Å². The average molecular weight is 542 g/mol. The highest BCUT2D eigenvalue weighted by Gasteiger charge is 2.17. The number of halogens is 3. The summed E-state index contributed by atoms with van der Waals surface area (Å²) in [7, 11) is -3.31. The predicted molar refractivity (Wildman–Crippen MR) is 141 cm³/mol. The lowest BCUT2D eigenvalue weighted by molar-refractivity contribution is 0.565. The highest BCUT2D eigenvalue weighted by Crippen LogP contribution is 2.35. The molecule has 36 heavy (non-hydrogen) atoms. The van der Waals surface area contributed by atoms with Crippen LogP contribution in [0.2, 0.25) is 5.02 Å². The van der Waals surface area contributed by atoms with E-state index in [1.165, 1.54) is 22.0 Å². The summed E-state index contributed by atoms with van der Waals surface area (Å²) in [4.78, 5) is 14.5. The molecule has 0 aliphatic carbocycles. The molecule has 5 rings (SSSR count). The number of hydrogen-bond donors (Lipinski definition) is 0. The van der Waals surface area contributed by atoms with Crippen LogP contribution in [0.3, 0.4) is 0 Å². The highest BCUT2D eigenvalue weighted by molar-refractivity contribution is 7.90. The maximum Gasteiger partial charge on any atom is 0.260 e. The predicted octanol–water partition coefficient (Wildman–Crippen LogP) is 6.78. The first-order valence-corrected chi connectivity index (χ1v) is 13.9. The van der Waals surface area contributed by atoms with Gasteiger partial charge in [-0.3, -0.25) is 4.79 Å². The molecule has 0 aliphatic rings. The zero-order valence-electron chi connectivity index (χ0n) is 18.8. The van der Waals surface area contributed by atoms with Crippen LogP contribution in [0.5, 0.6) is 0 Å². The summed E-state index contributed by atoms with van der Waals surface area (Å²) in [6.45, 7) is -0.113. The average Bonchev–Trinajstić information content (AvgIpc) is 3.32. The van der Waals surface area contributed by atoms with E-state index in [-0.39, 0.29) is 27.6 Å². The minimum Gasteiger partial charge on any atom is -0.302 e. The lowest BCUT2D eigenvalue weighted by Crippen LogP contribution is -2.23. The Morgan fingerprint density at radius 2 is 1.69 bits per heavy atom. The third-order valence-corrected chi connectivity index (χ3v) is 8.30. The van der Waals surface area contributed by atoms with Crippen molar-refractivity contribution in [1.82, 2.24) is 4.57 Å². The SMILES string of the molecule is CS(=O)(=O)c1ccc(-c2csc(-c3cc4cccc(Cl)c4c(=O)n3Cc3ccc(F)cc3F)c2)cc1. The molecule has 0 spiro atoms. The van der Waals surface area contributed by atoms with Crippen molar-refractivity contribution >= 4 is 43.5 Å². The zero-order chi connectivity index (χ0) is 25.6. The van der Waals surface area contributed by atoms with Gasteiger partial charge in [-0.25, -0.2) is 17.2 Å². The summed E-state index contributed by atoms with van der Waals surface area (Å²) in [6.07, 6.45) is 1.15. The van der Waals surface area contributed by atoms with Crippen LogP contribution in [-0.4, -0.2) is 19.2 Å². The summed E-state index contributed by atoms with van der Waals surface area (Å²) in [5, 5.41) is 3.15. The lowest BCUT2D eigenvalue weighted by Gasteiger charge is -2.15. The van der Waals surface area contributed by atoms with Crippen LogP contribution < -0.4 is 5.56 Å². The van der Waals surface area contributed by atoms with E-state index < -0.39 is 21.5 Å². The Morgan fingerprint density at radius 1 is 0.944 bits per heavy atom. The largest absolute Gasteiger partial charge is 0.302 e. The van der Waals surface area contributed by atoms with Gasteiger partial charge in [0.05, 0.1) is 32.4 Å². The zero-order valence-corrected chi connectivity index (χ0v) is 21.2. The fraction of sp³-hybridized carbons (Fsp3) is 0.0741. The van der Waals surface area contributed by atoms with Crippen LogP contribution in [0.15, 0.2) is 87.9 Å². The van der Waals surface area contributed by atoms with Crippen molar-refractivity contribution < 1.29 is 17.2 Å². The van der Waals surface area contributed by atoms with E-state index in [1.54, 1.807) is 42.5 Å². The quantitative estimate of drug-likeness (QED) is 0.246. The second-order valence-corrected chi connectivity index (χ2v) is 11.7. The number of thiophene rings is 1. The molecule has 4 nitrogen and oxygen atoms in total. The number of rotatable bonds is 5. The Morgan fingerprint density at radius 3 is 2.39 bits per heavy atom. The maximum atomic E-state index is 14.5. The standard InChI is InChI=1S/C27H18ClF2NO3S2/c1-36(33,34)21-9-6-16(7-10-21)19-12-25(35-15-19)24-11-17-3-2-4-22(28)26(17)27(32)31(24)14-18-5-8-20(29)13-23(18)30/h2-13,15H,14H2,1H3. The van der Waals surface area contributed by atoms with Crippen LogP contribution in [-0.2, 0) is 16.4 Å². The van der Waals surface area contributed by atoms with Gasteiger partial charge in [0.1, 0.15) is 11.6 Å². The summed E-state index contributed by atoms with van der Waals surface area (Å²) >= 11 is 7.73. The van der Waals surface area contributed by atoms with Gasteiger partial charge in [0, 0.05) is 17.9 Å². The third-order valence-electron chi connectivity index (χ3n) is 5.90. The van der Waals surface area contributed by atoms with Gasteiger partial charge in [0.25, 0.3) is 5.56 Å². The highest BCUT2D eigenvalue weighted by atomic mass is 35.5. The van der Waals surface area contributed by atoms with E-state index in [0.29, 0.717) is 16.5 Å². The van der Waals surface area contributed by atoms with Gasteiger partial charge in [-0.05, 0) is 58.3 Å². The Bertz CT molecular complexity index is 1790. The van der Waals surface area contributed by atoms with Crippen LogP contribution in [0.1, 0.15) is 5.56 Å². The van der Waals surface area contributed by atoms with Crippen molar-refractivity contribution in [1.29, 1.82) is 0 Å². The van der Waals surface area contributed by atoms with Crippen LogP contribution >= 0.6 is 22.9 Å². The normalized spacial score (nSPS) is 11.8. The van der Waals surface area contributed by atoms with Crippen molar-refractivity contribution in [2.75, 3.05) is 6.26 Å². The van der Waals surface area contributed by atoms with E-state index in [9.17, 15) is 22.0 Å². The van der Waals surface area contributed by atoms with E-state index in [2.05, 4.69) is 0 Å². The summed E-state index contributed by atoms with van der Waals surface area (Å²) in [5.41, 5.74) is 1.99. The molecule has 0 bridgehead atoms. The maximum absolute atomic E-state index is 14.5. The molecule has 0 radical (unpaired) electrons. The molecule has 9 heteroatoms. The Balaban J connectivity index is 1.65. The van der Waals surface area contributed by atoms with Crippen molar-refractivity contribution in [3.8, 4) is 21.7 Å². The van der Waals surface area contributed by atoms with Crippen LogP contribution in [0.4, 0.5) is 8.78 Å². The fourth-order valence-corrected chi connectivity index (χ4v) is 5.89. The summed E-state index contributed by atoms with van der Waals surface area (Å²) in [6, 6.07) is 18.7. The number of hydrogen-bond acceptors (Lipinski definition) is 4. The van der Waals surface area contributed by atoms with Gasteiger partial charge in [-0.1, -0.05) is 41.9 Å². The van der Waals surface area contributed by atoms with Crippen LogP contribution in [0.25, 0.3) is 32.5 Å². The van der Waals surface area contributed by atoms with Crippen molar-refractivity contribution in [3.63, 3.8) is 0 Å². The number of fused-ring (bicyclic) bond motifs is 1. The Hall–Kier alpha value is -3.33. The second kappa shape index (κ2) is 9.28. The minimum atomic E-state index is -3.31. The molecule has 5 aromatic rings. The van der Waals surface area contributed by atoms with Crippen molar-refractivity contribution in [3.05, 3.63) is 111 Å². The van der Waals surface area contributed by atoms with Gasteiger partial charge in [-0.15, -0.1) is 11.3 Å². The van der Waals surface area contributed by atoms with Gasteiger partial charge in [0.2, 0.25) is 0 Å². The van der Waals surface area contributed by atoms with Gasteiger partial charge < -0.3 is 4.57 Å². The molecule has 0 aliphatic heterocycles. The number of sulfone groups is 1. The summed E-state index contributed by atoms with van der Waals surface area (Å²) in [5.74, 6) is -1.44. The topological polar surface area (TPSA) is 56.1 Å². The number of nitrogens with zero attached hydrogens (tertiary/aromatic N) is 1. The summed E-state index contributed by atoms with van der Waals surface area (Å²) < 4.78 is 53.0. The number of benzene rings is 3. The van der Waals surface area contributed by atoms with E-state index in [0.717, 1.165) is 34.4 Å². The molecular weight excluding hydrogens is 524 g/mol. The monoisotopic (exact) mass is 541 g/mol. The number of aromatic nitrogens is 1. The van der Waals surface area contributed by atoms with Crippen molar-refractivity contribution in [2.24, 2.45) is 0 Å². The molecule has 0 atom stereocenters. The molecule has 0 N–H and O–H groups in total. The van der Waals surface area contributed by atoms with Gasteiger partial charge in [-0.2, -0.15) is 0 Å². The molecule has 3 aromatic carbocycles. The molecule has 2 aromatic heterocycles. The van der Waals surface area contributed by atoms with Crippen molar-refractivity contribution in [2.45, 2.75) is 11.4 Å². The molecule has 0 amide bonds. The molecule has 182 valence electrons. The molecule has 0 fully saturated rings. The van der Waals surface area contributed by atoms with Gasteiger partial charge >= 0.3 is 0 Å². The molecule has 0 saturated heterocycles. The lowest BCUT2D eigenvalue weighted by atomic mass is 10.1. The Kier molecular flexibility index (Phi) is 6.28. The first-order chi connectivity index (χ1) is 17.1. The van der Waals surface area contributed by atoms with E-state index in [1.807, 2.05) is 17.5 Å². The number of pyridine rings is 1. The van der Waals surface area contributed by atoms with E-state index in [4.69, 9.17) is 11.6 Å². The first kappa shape index (κ1) is 24.4. The molecular formula is C27H18ClF2NO3S2. The van der Waals surface area contributed by atoms with Crippen LogP contribution in [0, 0.1) is 11.6 Å². The Labute approximate surface area is 215 Å². The molecule has 2 heterocycles. The second-order valence-electron chi connectivity index (χ2n) is 8.36. The molecule has 0 unspecified atom stereocenters. The van der Waals surface area contributed by atoms with Gasteiger partial charge in [0.15, 0.2) is 9.84 Å². The fourth-order valence-electron chi connectivity index (χ4n) is 4.05.